The number of aromatic nitrogens is 1. The first kappa shape index (κ1) is 21.4. The van der Waals surface area contributed by atoms with Gasteiger partial charge in [0.05, 0.1) is 12.8 Å². The molecular formula is C26H26N2O4. The molecule has 1 heterocycles. The highest BCUT2D eigenvalue weighted by atomic mass is 16.5. The fraction of sp³-hybridized carbons (Fsp3) is 0.231. The minimum absolute atomic E-state index is 0.112. The van der Waals surface area contributed by atoms with Crippen LogP contribution in [-0.4, -0.2) is 24.6 Å². The van der Waals surface area contributed by atoms with Crippen LogP contribution < -0.4 is 14.8 Å². The van der Waals surface area contributed by atoms with Crippen molar-refractivity contribution in [2.24, 2.45) is 0 Å². The molecule has 1 N–H and O–H groups in total. The summed E-state index contributed by atoms with van der Waals surface area (Å²) in [5.41, 5.74) is 4.96. The van der Waals surface area contributed by atoms with Crippen molar-refractivity contribution in [1.29, 1.82) is 0 Å². The zero-order chi connectivity index (χ0) is 22.7. The van der Waals surface area contributed by atoms with Crippen LogP contribution in [0.1, 0.15) is 30.9 Å². The number of oxazole rings is 1. The largest absolute Gasteiger partial charge is 0.495 e. The maximum atomic E-state index is 12.5. The van der Waals surface area contributed by atoms with Gasteiger partial charge in [0.1, 0.15) is 17.0 Å². The second kappa shape index (κ2) is 9.14. The third-order valence-corrected chi connectivity index (χ3v) is 5.25. The molecule has 6 nitrogen and oxygen atoms in total. The van der Waals surface area contributed by atoms with Crippen LogP contribution in [0, 0.1) is 6.92 Å². The van der Waals surface area contributed by atoms with Crippen molar-refractivity contribution in [3.05, 3.63) is 71.8 Å². The summed E-state index contributed by atoms with van der Waals surface area (Å²) in [7, 11) is 1.56. The molecule has 0 spiro atoms. The second-order valence-electron chi connectivity index (χ2n) is 7.92. The number of nitrogens with one attached hydrogen (secondary N) is 1. The molecule has 1 amide bonds. The van der Waals surface area contributed by atoms with Gasteiger partial charge >= 0.3 is 0 Å². The summed E-state index contributed by atoms with van der Waals surface area (Å²) in [5.74, 6) is 1.81. The van der Waals surface area contributed by atoms with E-state index in [-0.39, 0.29) is 12.5 Å². The molecule has 0 unspecified atom stereocenters. The number of hydrogen-bond donors (Lipinski definition) is 1. The van der Waals surface area contributed by atoms with Gasteiger partial charge < -0.3 is 19.2 Å². The third kappa shape index (κ3) is 4.59. The number of rotatable bonds is 7. The minimum atomic E-state index is -0.289. The van der Waals surface area contributed by atoms with E-state index in [0.29, 0.717) is 29.0 Å². The maximum Gasteiger partial charge on any atom is 0.262 e. The number of nitrogens with zero attached hydrogens (tertiary/aromatic N) is 1. The first-order valence-corrected chi connectivity index (χ1v) is 10.5. The number of carbonyl (C=O) groups excluding carboxylic acids is 1. The Morgan fingerprint density at radius 3 is 2.62 bits per heavy atom. The lowest BCUT2D eigenvalue weighted by atomic mass is 10.0. The molecule has 0 bridgehead atoms. The predicted octanol–water partition coefficient (Wildman–Crippen LogP) is 5.95. The van der Waals surface area contributed by atoms with E-state index in [1.165, 1.54) is 5.56 Å². The van der Waals surface area contributed by atoms with Gasteiger partial charge in [-0.1, -0.05) is 38.1 Å². The SMILES string of the molecule is COc1ccc(-c2nc3cc(C(C)C)ccc3o2)cc1NC(=O)COc1ccccc1C. The van der Waals surface area contributed by atoms with Crippen molar-refractivity contribution < 1.29 is 18.7 Å². The Bertz CT molecular complexity index is 1260. The summed E-state index contributed by atoms with van der Waals surface area (Å²) < 4.78 is 17.0. The van der Waals surface area contributed by atoms with Gasteiger partial charge in [-0.2, -0.15) is 0 Å². The van der Waals surface area contributed by atoms with Crippen LogP contribution >= 0.6 is 0 Å². The maximum absolute atomic E-state index is 12.5. The number of ether oxygens (including phenoxy) is 2. The smallest absolute Gasteiger partial charge is 0.262 e. The molecule has 0 aliphatic heterocycles. The van der Waals surface area contributed by atoms with E-state index in [0.717, 1.165) is 22.2 Å². The van der Waals surface area contributed by atoms with Gasteiger partial charge in [-0.05, 0) is 60.4 Å². The number of anilines is 1. The highest BCUT2D eigenvalue weighted by Gasteiger charge is 2.15. The quantitative estimate of drug-likeness (QED) is 0.392. The molecule has 0 saturated carbocycles. The summed E-state index contributed by atoms with van der Waals surface area (Å²) in [6.07, 6.45) is 0. The molecule has 4 aromatic rings. The first-order valence-electron chi connectivity index (χ1n) is 10.5. The second-order valence-corrected chi connectivity index (χ2v) is 7.92. The molecule has 6 heteroatoms. The highest BCUT2D eigenvalue weighted by molar-refractivity contribution is 5.94. The molecule has 164 valence electrons. The van der Waals surface area contributed by atoms with E-state index in [2.05, 4.69) is 30.2 Å². The van der Waals surface area contributed by atoms with Crippen LogP contribution in [0.4, 0.5) is 5.69 Å². The van der Waals surface area contributed by atoms with E-state index in [9.17, 15) is 4.79 Å². The van der Waals surface area contributed by atoms with E-state index in [4.69, 9.17) is 13.9 Å². The van der Waals surface area contributed by atoms with Crippen molar-refractivity contribution in [1.82, 2.24) is 4.98 Å². The standard InChI is InChI=1S/C26H26N2O4/c1-16(2)18-9-12-24-21(13-18)28-26(32-24)19-10-11-23(30-4)20(14-19)27-25(29)15-31-22-8-6-5-7-17(22)3/h5-14,16H,15H2,1-4H3,(H,27,29). The summed E-state index contributed by atoms with van der Waals surface area (Å²) in [5, 5.41) is 2.86. The fourth-order valence-corrected chi connectivity index (χ4v) is 3.41. The molecule has 0 fully saturated rings. The molecule has 0 radical (unpaired) electrons. The Kier molecular flexibility index (Phi) is 6.12. The van der Waals surface area contributed by atoms with Crippen LogP contribution in [0.3, 0.4) is 0 Å². The summed E-state index contributed by atoms with van der Waals surface area (Å²) >= 11 is 0. The summed E-state index contributed by atoms with van der Waals surface area (Å²) in [6.45, 7) is 6.11. The molecule has 0 aliphatic rings. The number of benzene rings is 3. The zero-order valence-electron chi connectivity index (χ0n) is 18.6. The Hall–Kier alpha value is -3.80. The van der Waals surface area contributed by atoms with Gasteiger partial charge in [0, 0.05) is 5.56 Å². The Morgan fingerprint density at radius 1 is 1.06 bits per heavy atom. The van der Waals surface area contributed by atoms with Gasteiger partial charge in [0.25, 0.3) is 5.91 Å². The Labute approximate surface area is 187 Å². The minimum Gasteiger partial charge on any atom is -0.495 e. The number of fused-ring (bicyclic) bond motifs is 1. The van der Waals surface area contributed by atoms with Crippen LogP contribution in [0.15, 0.2) is 65.1 Å². The predicted molar refractivity (Wildman–Crippen MR) is 125 cm³/mol. The van der Waals surface area contributed by atoms with Crippen LogP contribution in [0.5, 0.6) is 11.5 Å². The van der Waals surface area contributed by atoms with Crippen molar-refractivity contribution in [2.45, 2.75) is 26.7 Å². The molecule has 0 aliphatic carbocycles. The normalized spacial score (nSPS) is 11.0. The molecular weight excluding hydrogens is 404 g/mol. The summed E-state index contributed by atoms with van der Waals surface area (Å²) in [4.78, 5) is 17.2. The molecule has 3 aromatic carbocycles. The molecule has 0 saturated heterocycles. The fourth-order valence-electron chi connectivity index (χ4n) is 3.41. The highest BCUT2D eigenvalue weighted by Crippen LogP contribution is 2.32. The van der Waals surface area contributed by atoms with Crippen LogP contribution in [-0.2, 0) is 4.79 Å². The van der Waals surface area contributed by atoms with Gasteiger partial charge in [-0.15, -0.1) is 0 Å². The van der Waals surface area contributed by atoms with Crippen molar-refractivity contribution in [3.63, 3.8) is 0 Å². The van der Waals surface area contributed by atoms with E-state index >= 15 is 0 Å². The lowest BCUT2D eigenvalue weighted by Crippen LogP contribution is -2.20. The Balaban J connectivity index is 1.55. The average Bonchev–Trinajstić information content (AvgIpc) is 3.22. The molecule has 1 aromatic heterocycles. The molecule has 4 rings (SSSR count). The van der Waals surface area contributed by atoms with Crippen molar-refractivity contribution >= 4 is 22.7 Å². The number of hydrogen-bond acceptors (Lipinski definition) is 5. The van der Waals surface area contributed by atoms with Crippen LogP contribution in [0.2, 0.25) is 0 Å². The average molecular weight is 431 g/mol. The topological polar surface area (TPSA) is 73.6 Å². The summed E-state index contributed by atoms with van der Waals surface area (Å²) in [6, 6.07) is 19.0. The van der Waals surface area contributed by atoms with Crippen molar-refractivity contribution in [3.8, 4) is 23.0 Å². The zero-order valence-corrected chi connectivity index (χ0v) is 18.6. The van der Waals surface area contributed by atoms with E-state index in [1.54, 1.807) is 19.2 Å². The van der Waals surface area contributed by atoms with Crippen LogP contribution in [0.25, 0.3) is 22.6 Å². The van der Waals surface area contributed by atoms with Crippen molar-refractivity contribution in [2.75, 3.05) is 19.0 Å². The van der Waals surface area contributed by atoms with E-state index in [1.807, 2.05) is 49.4 Å². The van der Waals surface area contributed by atoms with Gasteiger partial charge in [0.2, 0.25) is 5.89 Å². The van der Waals surface area contributed by atoms with Gasteiger partial charge in [-0.3, -0.25) is 4.79 Å². The molecule has 32 heavy (non-hydrogen) atoms. The lowest BCUT2D eigenvalue weighted by Gasteiger charge is -2.12. The monoisotopic (exact) mass is 430 g/mol. The molecule has 0 atom stereocenters. The number of para-hydroxylation sites is 1. The number of carbonyl (C=O) groups is 1. The number of aryl methyl sites for hydroxylation is 1. The first-order chi connectivity index (χ1) is 15.4. The van der Waals surface area contributed by atoms with Gasteiger partial charge in [0.15, 0.2) is 12.2 Å². The lowest BCUT2D eigenvalue weighted by molar-refractivity contribution is -0.118. The van der Waals surface area contributed by atoms with E-state index < -0.39 is 0 Å². The third-order valence-electron chi connectivity index (χ3n) is 5.25. The van der Waals surface area contributed by atoms with Gasteiger partial charge in [-0.25, -0.2) is 4.98 Å². The Morgan fingerprint density at radius 2 is 1.88 bits per heavy atom. The number of amides is 1. The number of methoxy groups -OCH3 is 1.